The lowest BCUT2D eigenvalue weighted by Crippen LogP contribution is -2.11. The van der Waals surface area contributed by atoms with Gasteiger partial charge >= 0.3 is 0 Å². The number of hydrogen-bond acceptors (Lipinski definition) is 2. The van der Waals surface area contributed by atoms with E-state index in [4.69, 9.17) is 0 Å². The van der Waals surface area contributed by atoms with Crippen molar-refractivity contribution in [3.8, 4) is 27.9 Å². The Morgan fingerprint density at radius 1 is 0.364 bits per heavy atom. The monoisotopic (exact) mass is 718 g/mol. The van der Waals surface area contributed by atoms with E-state index in [2.05, 4.69) is 216 Å². The summed E-state index contributed by atoms with van der Waals surface area (Å²) in [7, 11) is 0. The molecule has 0 spiro atoms. The highest BCUT2D eigenvalue weighted by atomic mass is 32.1. The second kappa shape index (κ2) is 12.9. The van der Waals surface area contributed by atoms with Crippen molar-refractivity contribution in [2.75, 3.05) is 4.90 Å². The van der Waals surface area contributed by atoms with E-state index in [1.165, 1.54) is 75.0 Å². The molecular weight excluding hydrogens is 685 g/mol. The summed E-state index contributed by atoms with van der Waals surface area (Å²) in [6.07, 6.45) is 0. The van der Waals surface area contributed by atoms with Crippen LogP contribution in [0.3, 0.4) is 0 Å². The van der Waals surface area contributed by atoms with Gasteiger partial charge in [0.2, 0.25) is 0 Å². The first-order valence-electron chi connectivity index (χ1n) is 18.8. The summed E-state index contributed by atoms with van der Waals surface area (Å²) < 4.78 is 4.98. The highest BCUT2D eigenvalue weighted by Crippen LogP contribution is 2.45. The van der Waals surface area contributed by atoms with Crippen LogP contribution in [-0.2, 0) is 0 Å². The number of hydrogen-bond donors (Lipinski definition) is 0. The molecule has 0 aliphatic heterocycles. The molecular formula is C52H34N2S. The van der Waals surface area contributed by atoms with Crippen LogP contribution >= 0.6 is 11.3 Å². The summed E-state index contributed by atoms with van der Waals surface area (Å²) in [6.45, 7) is 0. The molecule has 3 heteroatoms. The molecule has 0 atom stereocenters. The fraction of sp³-hybridized carbons (Fsp3) is 0. The molecule has 2 heterocycles. The molecule has 0 aliphatic rings. The third-order valence-corrected chi connectivity index (χ3v) is 12.1. The first-order valence-corrected chi connectivity index (χ1v) is 19.6. The SMILES string of the molecule is c1ccc(-n2c3ccccc3c3ccc(-c4ccc(N(c5ccc6c(c5)sc5ccccc56)c5ccccc5-c5cccc6ccccc56)cc4)cc32)cc1. The standard InChI is InChI=1S/C52H34N2S/c1-2-15-38(16-3-1)54-49-23-10-7-19-44(49)45-31-27-37(33-50(45)54)35-25-28-39(29-26-35)53(40-30-32-47-46-20-8-11-24-51(46)55-52(47)34-40)48-22-9-6-18-43(48)42-21-12-14-36-13-4-5-17-41(36)42/h1-34H. The predicted molar refractivity (Wildman–Crippen MR) is 237 cm³/mol. The number of anilines is 3. The van der Waals surface area contributed by atoms with Crippen LogP contribution in [0.25, 0.3) is 80.7 Å². The summed E-state index contributed by atoms with van der Waals surface area (Å²) in [5, 5.41) is 7.61. The van der Waals surface area contributed by atoms with E-state index >= 15 is 0 Å². The summed E-state index contributed by atoms with van der Waals surface area (Å²) in [4.78, 5) is 2.43. The van der Waals surface area contributed by atoms with Gasteiger partial charge in [0.05, 0.1) is 16.7 Å². The Morgan fingerprint density at radius 2 is 0.982 bits per heavy atom. The quantitative estimate of drug-likeness (QED) is 0.166. The van der Waals surface area contributed by atoms with Gasteiger partial charge in [0.1, 0.15) is 0 Å². The van der Waals surface area contributed by atoms with Crippen LogP contribution in [0.1, 0.15) is 0 Å². The van der Waals surface area contributed by atoms with Gasteiger partial charge in [0.25, 0.3) is 0 Å². The fourth-order valence-corrected chi connectivity index (χ4v) is 9.58. The molecule has 2 nitrogen and oxygen atoms in total. The minimum atomic E-state index is 1.11. The van der Waals surface area contributed by atoms with Gasteiger partial charge in [-0.15, -0.1) is 11.3 Å². The lowest BCUT2D eigenvalue weighted by molar-refractivity contribution is 1.18. The average Bonchev–Trinajstić information content (AvgIpc) is 3.79. The van der Waals surface area contributed by atoms with Crippen molar-refractivity contribution in [1.29, 1.82) is 0 Å². The molecule has 11 rings (SSSR count). The molecule has 9 aromatic carbocycles. The van der Waals surface area contributed by atoms with Gasteiger partial charge in [0, 0.05) is 53.6 Å². The van der Waals surface area contributed by atoms with Gasteiger partial charge in [-0.1, -0.05) is 146 Å². The van der Waals surface area contributed by atoms with E-state index in [1.807, 2.05) is 11.3 Å². The van der Waals surface area contributed by atoms with Crippen molar-refractivity contribution in [3.63, 3.8) is 0 Å². The number of para-hydroxylation sites is 3. The lowest BCUT2D eigenvalue weighted by atomic mass is 9.96. The van der Waals surface area contributed by atoms with Crippen LogP contribution in [0.15, 0.2) is 206 Å². The Hall–Kier alpha value is -6.94. The number of fused-ring (bicyclic) bond motifs is 7. The maximum absolute atomic E-state index is 2.43. The van der Waals surface area contributed by atoms with Crippen molar-refractivity contribution >= 4 is 81.1 Å². The first kappa shape index (κ1) is 31.6. The minimum absolute atomic E-state index is 1.11. The molecule has 0 amide bonds. The third-order valence-electron chi connectivity index (χ3n) is 11.0. The molecule has 0 N–H and O–H groups in total. The van der Waals surface area contributed by atoms with Gasteiger partial charge < -0.3 is 9.47 Å². The maximum atomic E-state index is 2.43. The average molecular weight is 719 g/mol. The molecule has 0 radical (unpaired) electrons. The van der Waals surface area contributed by atoms with Crippen LogP contribution in [0.5, 0.6) is 0 Å². The summed E-state index contributed by atoms with van der Waals surface area (Å²) >= 11 is 1.86. The van der Waals surface area contributed by atoms with E-state index in [0.29, 0.717) is 0 Å². The van der Waals surface area contributed by atoms with Crippen LogP contribution in [-0.4, -0.2) is 4.57 Å². The molecule has 2 aromatic heterocycles. The highest BCUT2D eigenvalue weighted by Gasteiger charge is 2.20. The Labute approximate surface area is 323 Å². The van der Waals surface area contributed by atoms with E-state index in [0.717, 1.165) is 22.7 Å². The van der Waals surface area contributed by atoms with Gasteiger partial charge in [0.15, 0.2) is 0 Å². The molecule has 0 fully saturated rings. The summed E-state index contributed by atoms with van der Waals surface area (Å²) in [5.74, 6) is 0. The zero-order valence-electron chi connectivity index (χ0n) is 29.9. The number of nitrogens with zero attached hydrogens (tertiary/aromatic N) is 2. The smallest absolute Gasteiger partial charge is 0.0547 e. The molecule has 0 unspecified atom stereocenters. The van der Waals surface area contributed by atoms with Crippen molar-refractivity contribution in [2.24, 2.45) is 0 Å². The Bertz CT molecular complexity index is 3200. The van der Waals surface area contributed by atoms with Gasteiger partial charge in [-0.25, -0.2) is 0 Å². The van der Waals surface area contributed by atoms with Crippen molar-refractivity contribution in [1.82, 2.24) is 4.57 Å². The molecule has 0 saturated heterocycles. The van der Waals surface area contributed by atoms with Crippen molar-refractivity contribution in [3.05, 3.63) is 206 Å². The Balaban J connectivity index is 1.08. The predicted octanol–water partition coefficient (Wildman–Crippen LogP) is 15.1. The highest BCUT2D eigenvalue weighted by molar-refractivity contribution is 7.25. The molecule has 0 saturated carbocycles. The van der Waals surface area contributed by atoms with Crippen molar-refractivity contribution in [2.45, 2.75) is 0 Å². The summed E-state index contributed by atoms with van der Waals surface area (Å²) in [6, 6.07) is 75.2. The number of benzene rings is 9. The molecule has 0 bridgehead atoms. The zero-order valence-corrected chi connectivity index (χ0v) is 30.7. The van der Waals surface area contributed by atoms with E-state index in [1.54, 1.807) is 0 Å². The van der Waals surface area contributed by atoms with E-state index < -0.39 is 0 Å². The van der Waals surface area contributed by atoms with E-state index in [-0.39, 0.29) is 0 Å². The second-order valence-corrected chi connectivity index (χ2v) is 15.2. The van der Waals surface area contributed by atoms with Crippen LogP contribution < -0.4 is 4.90 Å². The topological polar surface area (TPSA) is 8.17 Å². The maximum Gasteiger partial charge on any atom is 0.0547 e. The van der Waals surface area contributed by atoms with Crippen LogP contribution in [0.2, 0.25) is 0 Å². The van der Waals surface area contributed by atoms with Crippen molar-refractivity contribution < 1.29 is 0 Å². The van der Waals surface area contributed by atoms with E-state index in [9.17, 15) is 0 Å². The largest absolute Gasteiger partial charge is 0.310 e. The Kier molecular flexibility index (Phi) is 7.39. The Morgan fingerprint density at radius 3 is 1.87 bits per heavy atom. The lowest BCUT2D eigenvalue weighted by Gasteiger charge is -2.28. The molecule has 0 aliphatic carbocycles. The molecule has 258 valence electrons. The molecule has 55 heavy (non-hydrogen) atoms. The van der Waals surface area contributed by atoms with Crippen LogP contribution in [0, 0.1) is 0 Å². The van der Waals surface area contributed by atoms with Gasteiger partial charge in [-0.05, 0) is 88.1 Å². The number of aromatic nitrogens is 1. The fourth-order valence-electron chi connectivity index (χ4n) is 8.45. The number of rotatable bonds is 6. The first-order chi connectivity index (χ1) is 27.3. The second-order valence-electron chi connectivity index (χ2n) is 14.1. The molecule has 11 aromatic rings. The minimum Gasteiger partial charge on any atom is -0.310 e. The zero-order chi connectivity index (χ0) is 36.3. The third kappa shape index (κ3) is 5.24. The van der Waals surface area contributed by atoms with Crippen LogP contribution in [0.4, 0.5) is 17.1 Å². The number of thiophene rings is 1. The van der Waals surface area contributed by atoms with Gasteiger partial charge in [-0.3, -0.25) is 0 Å². The normalized spacial score (nSPS) is 11.6. The van der Waals surface area contributed by atoms with Gasteiger partial charge in [-0.2, -0.15) is 0 Å². The summed E-state index contributed by atoms with van der Waals surface area (Å²) in [5.41, 5.74) is 11.7.